The zero-order valence-electron chi connectivity index (χ0n) is 10.8. The van der Waals surface area contributed by atoms with Gasteiger partial charge in [0.05, 0.1) is 0 Å². The van der Waals surface area contributed by atoms with Crippen LogP contribution in [0.4, 0.5) is 0 Å². The summed E-state index contributed by atoms with van der Waals surface area (Å²) >= 11 is 6.17. The molecule has 0 aliphatic heterocycles. The molecule has 96 valence electrons. The second kappa shape index (κ2) is 8.54. The molecule has 1 rings (SSSR count). The average molecular weight is 254 g/mol. The van der Waals surface area contributed by atoms with Gasteiger partial charge in [-0.25, -0.2) is 0 Å². The summed E-state index contributed by atoms with van der Waals surface area (Å²) in [6.45, 7) is 3.00. The summed E-state index contributed by atoms with van der Waals surface area (Å²) in [6.07, 6.45) is 7.49. The van der Waals surface area contributed by atoms with Gasteiger partial charge in [-0.05, 0) is 36.9 Å². The number of unbranched alkanes of at least 4 members (excludes halogenated alkanes) is 3. The molecule has 0 radical (unpaired) electrons. The molecule has 1 unspecified atom stereocenters. The standard InChI is InChI=1S/C15H24ClN/c1-2-3-4-5-8-13(12-17)11-14-9-6-7-10-15(14)16/h6-7,9-10,13H,2-5,8,11-12,17H2,1H3. The highest BCUT2D eigenvalue weighted by molar-refractivity contribution is 6.31. The molecule has 0 aliphatic rings. The van der Waals surface area contributed by atoms with Crippen LogP contribution >= 0.6 is 11.6 Å². The zero-order chi connectivity index (χ0) is 12.5. The molecule has 0 aromatic heterocycles. The van der Waals surface area contributed by atoms with Crippen molar-refractivity contribution in [3.63, 3.8) is 0 Å². The maximum Gasteiger partial charge on any atom is 0.0438 e. The van der Waals surface area contributed by atoms with Gasteiger partial charge in [-0.15, -0.1) is 0 Å². The number of rotatable bonds is 8. The smallest absolute Gasteiger partial charge is 0.0438 e. The molecule has 2 N–H and O–H groups in total. The van der Waals surface area contributed by atoms with Crippen LogP contribution in [0.3, 0.4) is 0 Å². The van der Waals surface area contributed by atoms with Gasteiger partial charge in [0.25, 0.3) is 0 Å². The van der Waals surface area contributed by atoms with Gasteiger partial charge in [0.2, 0.25) is 0 Å². The van der Waals surface area contributed by atoms with Crippen LogP contribution in [-0.4, -0.2) is 6.54 Å². The highest BCUT2D eigenvalue weighted by Crippen LogP contribution is 2.21. The molecule has 1 aromatic carbocycles. The third kappa shape index (κ3) is 5.56. The number of benzene rings is 1. The van der Waals surface area contributed by atoms with Gasteiger partial charge in [0.15, 0.2) is 0 Å². The van der Waals surface area contributed by atoms with E-state index in [4.69, 9.17) is 17.3 Å². The molecule has 0 spiro atoms. The van der Waals surface area contributed by atoms with Crippen molar-refractivity contribution in [3.8, 4) is 0 Å². The van der Waals surface area contributed by atoms with E-state index < -0.39 is 0 Å². The largest absolute Gasteiger partial charge is 0.330 e. The number of hydrogen-bond donors (Lipinski definition) is 1. The van der Waals surface area contributed by atoms with Crippen molar-refractivity contribution in [2.45, 2.75) is 45.4 Å². The first kappa shape index (κ1) is 14.5. The van der Waals surface area contributed by atoms with Crippen LogP contribution in [0.1, 0.15) is 44.6 Å². The average Bonchev–Trinajstić information content (AvgIpc) is 2.35. The molecular formula is C15H24ClN. The summed E-state index contributed by atoms with van der Waals surface area (Å²) in [6, 6.07) is 8.09. The minimum Gasteiger partial charge on any atom is -0.330 e. The second-order valence-electron chi connectivity index (χ2n) is 4.75. The second-order valence-corrected chi connectivity index (χ2v) is 5.15. The molecule has 1 nitrogen and oxygen atoms in total. The van der Waals surface area contributed by atoms with Gasteiger partial charge in [0.1, 0.15) is 0 Å². The first-order valence-corrected chi connectivity index (χ1v) is 7.09. The minimum atomic E-state index is 0.576. The molecule has 0 aliphatic carbocycles. The van der Waals surface area contributed by atoms with Crippen LogP contribution in [0.25, 0.3) is 0 Å². The first-order chi connectivity index (χ1) is 8.27. The Hall–Kier alpha value is -0.530. The summed E-state index contributed by atoms with van der Waals surface area (Å²) < 4.78 is 0. The molecule has 0 amide bonds. The van der Waals surface area contributed by atoms with Gasteiger partial charge in [-0.3, -0.25) is 0 Å². The third-order valence-electron chi connectivity index (χ3n) is 3.27. The molecule has 0 heterocycles. The van der Waals surface area contributed by atoms with Crippen molar-refractivity contribution >= 4 is 11.6 Å². The highest BCUT2D eigenvalue weighted by atomic mass is 35.5. The van der Waals surface area contributed by atoms with Crippen LogP contribution in [-0.2, 0) is 6.42 Å². The van der Waals surface area contributed by atoms with E-state index in [1.807, 2.05) is 18.2 Å². The molecule has 1 aromatic rings. The van der Waals surface area contributed by atoms with Crippen molar-refractivity contribution in [1.82, 2.24) is 0 Å². The molecule has 0 fully saturated rings. The summed E-state index contributed by atoms with van der Waals surface area (Å²) in [5.74, 6) is 0.576. The van der Waals surface area contributed by atoms with Crippen molar-refractivity contribution in [2.75, 3.05) is 6.54 Å². The third-order valence-corrected chi connectivity index (χ3v) is 3.63. The molecular weight excluding hydrogens is 230 g/mol. The summed E-state index contributed by atoms with van der Waals surface area (Å²) in [5, 5.41) is 0.875. The van der Waals surface area contributed by atoms with Crippen LogP contribution in [0, 0.1) is 5.92 Å². The van der Waals surface area contributed by atoms with Crippen LogP contribution < -0.4 is 5.73 Å². The lowest BCUT2D eigenvalue weighted by Crippen LogP contribution is -2.17. The molecule has 17 heavy (non-hydrogen) atoms. The Morgan fingerprint density at radius 3 is 2.59 bits per heavy atom. The predicted octanol–water partition coefficient (Wildman–Crippen LogP) is 4.43. The molecule has 0 bridgehead atoms. The van der Waals surface area contributed by atoms with E-state index in [1.165, 1.54) is 37.7 Å². The lowest BCUT2D eigenvalue weighted by Gasteiger charge is -2.15. The summed E-state index contributed by atoms with van der Waals surface area (Å²) in [7, 11) is 0. The van der Waals surface area contributed by atoms with Gasteiger partial charge in [-0.1, -0.05) is 62.4 Å². The topological polar surface area (TPSA) is 26.0 Å². The van der Waals surface area contributed by atoms with Gasteiger partial charge in [0, 0.05) is 5.02 Å². The van der Waals surface area contributed by atoms with Crippen LogP contribution in [0.2, 0.25) is 5.02 Å². The Bertz CT molecular complexity index is 312. The Morgan fingerprint density at radius 1 is 1.18 bits per heavy atom. The van der Waals surface area contributed by atoms with E-state index >= 15 is 0 Å². The number of hydrogen-bond acceptors (Lipinski definition) is 1. The summed E-state index contributed by atoms with van der Waals surface area (Å²) in [5.41, 5.74) is 7.08. The van der Waals surface area contributed by atoms with Crippen molar-refractivity contribution in [1.29, 1.82) is 0 Å². The van der Waals surface area contributed by atoms with Crippen molar-refractivity contribution in [3.05, 3.63) is 34.9 Å². The fourth-order valence-corrected chi connectivity index (χ4v) is 2.35. The van der Waals surface area contributed by atoms with E-state index in [1.54, 1.807) is 0 Å². The van der Waals surface area contributed by atoms with E-state index in [0.717, 1.165) is 18.0 Å². The quantitative estimate of drug-likeness (QED) is 0.682. The minimum absolute atomic E-state index is 0.576. The van der Waals surface area contributed by atoms with Crippen molar-refractivity contribution < 1.29 is 0 Å². The van der Waals surface area contributed by atoms with Crippen LogP contribution in [0.5, 0.6) is 0 Å². The number of nitrogens with two attached hydrogens (primary N) is 1. The van der Waals surface area contributed by atoms with E-state index in [2.05, 4.69) is 13.0 Å². The Kier molecular flexibility index (Phi) is 7.30. The maximum atomic E-state index is 6.17. The number of halogens is 1. The Balaban J connectivity index is 2.38. The molecule has 0 saturated carbocycles. The molecule has 1 atom stereocenters. The lowest BCUT2D eigenvalue weighted by molar-refractivity contribution is 0.460. The van der Waals surface area contributed by atoms with Gasteiger partial charge >= 0.3 is 0 Å². The molecule has 0 saturated heterocycles. The Labute approximate surface area is 110 Å². The first-order valence-electron chi connectivity index (χ1n) is 6.71. The highest BCUT2D eigenvalue weighted by Gasteiger charge is 2.09. The summed E-state index contributed by atoms with van der Waals surface area (Å²) in [4.78, 5) is 0. The van der Waals surface area contributed by atoms with Crippen molar-refractivity contribution in [2.24, 2.45) is 11.7 Å². The van der Waals surface area contributed by atoms with Crippen LogP contribution in [0.15, 0.2) is 24.3 Å². The van der Waals surface area contributed by atoms with E-state index in [-0.39, 0.29) is 0 Å². The lowest BCUT2D eigenvalue weighted by atomic mass is 9.93. The van der Waals surface area contributed by atoms with E-state index in [9.17, 15) is 0 Å². The van der Waals surface area contributed by atoms with Gasteiger partial charge < -0.3 is 5.73 Å². The predicted molar refractivity (Wildman–Crippen MR) is 76.5 cm³/mol. The normalized spacial score (nSPS) is 12.6. The van der Waals surface area contributed by atoms with Gasteiger partial charge in [-0.2, -0.15) is 0 Å². The zero-order valence-corrected chi connectivity index (χ0v) is 11.5. The monoisotopic (exact) mass is 253 g/mol. The van der Waals surface area contributed by atoms with E-state index in [0.29, 0.717) is 5.92 Å². The fraction of sp³-hybridized carbons (Fsp3) is 0.600. The maximum absolute atomic E-state index is 6.17. The SMILES string of the molecule is CCCCCCC(CN)Cc1ccccc1Cl. The fourth-order valence-electron chi connectivity index (χ4n) is 2.14. The Morgan fingerprint density at radius 2 is 1.94 bits per heavy atom. The molecule has 2 heteroatoms.